The fourth-order valence-electron chi connectivity index (χ4n) is 3.49. The first-order valence-corrected chi connectivity index (χ1v) is 10.5. The molecule has 0 saturated heterocycles. The zero-order valence-corrected chi connectivity index (χ0v) is 20.5. The van der Waals surface area contributed by atoms with Crippen molar-refractivity contribution < 1.29 is 23.7 Å². The summed E-state index contributed by atoms with van der Waals surface area (Å²) in [4.78, 5) is 16.5. The van der Waals surface area contributed by atoms with Crippen molar-refractivity contribution in [3.8, 4) is 29.1 Å². The Hall–Kier alpha value is -3.44. The summed E-state index contributed by atoms with van der Waals surface area (Å²) in [5, 5.41) is 9.97. The zero-order chi connectivity index (χ0) is 24.6. The normalized spacial score (nSPS) is 12.5. The Morgan fingerprint density at radius 3 is 2.00 bits per heavy atom. The lowest BCUT2D eigenvalue weighted by Gasteiger charge is -2.34. The summed E-state index contributed by atoms with van der Waals surface area (Å²) in [6.07, 6.45) is 0.735. The van der Waals surface area contributed by atoms with Crippen molar-refractivity contribution in [1.82, 2.24) is 9.80 Å². The zero-order valence-electron chi connectivity index (χ0n) is 20.5. The van der Waals surface area contributed by atoms with Gasteiger partial charge in [-0.05, 0) is 55.8 Å². The molecule has 0 fully saturated rings. The number of carbonyl (C=O) groups is 1. The highest BCUT2D eigenvalue weighted by molar-refractivity contribution is 5.79. The highest BCUT2D eigenvalue weighted by atomic mass is 16.5. The molecule has 0 saturated carbocycles. The lowest BCUT2D eigenvalue weighted by Crippen LogP contribution is -2.47. The quantitative estimate of drug-likeness (QED) is 0.515. The van der Waals surface area contributed by atoms with Crippen LogP contribution in [-0.4, -0.2) is 71.3 Å². The second-order valence-corrected chi connectivity index (χ2v) is 7.88. The van der Waals surface area contributed by atoms with Crippen molar-refractivity contribution in [1.29, 1.82) is 5.26 Å². The van der Waals surface area contributed by atoms with Gasteiger partial charge in [0.05, 0.1) is 41.1 Å². The van der Waals surface area contributed by atoms with Gasteiger partial charge in [0.1, 0.15) is 0 Å². The van der Waals surface area contributed by atoms with E-state index in [0.29, 0.717) is 35.1 Å². The molecule has 0 heterocycles. The smallest absolute Gasteiger partial charge is 0.238 e. The Morgan fingerprint density at radius 2 is 1.45 bits per heavy atom. The highest BCUT2D eigenvalue weighted by Gasteiger charge is 2.35. The predicted octanol–water partition coefficient (Wildman–Crippen LogP) is 3.09. The van der Waals surface area contributed by atoms with Crippen LogP contribution in [0.2, 0.25) is 0 Å². The third-order valence-electron chi connectivity index (χ3n) is 5.84. The minimum Gasteiger partial charge on any atom is -0.493 e. The van der Waals surface area contributed by atoms with Crippen molar-refractivity contribution in [3.05, 3.63) is 47.5 Å². The average Bonchev–Trinajstić information content (AvgIpc) is 2.85. The molecule has 0 N–H and O–H groups in total. The van der Waals surface area contributed by atoms with Gasteiger partial charge in [0.15, 0.2) is 28.5 Å². The lowest BCUT2D eigenvalue weighted by molar-refractivity contribution is -0.134. The Bertz CT molecular complexity index is 1000. The van der Waals surface area contributed by atoms with E-state index in [0.717, 1.165) is 12.0 Å². The Labute approximate surface area is 196 Å². The largest absolute Gasteiger partial charge is 0.493 e. The van der Waals surface area contributed by atoms with Gasteiger partial charge in [-0.15, -0.1) is 0 Å². The molecule has 33 heavy (non-hydrogen) atoms. The average molecular weight is 456 g/mol. The molecule has 2 aromatic carbocycles. The van der Waals surface area contributed by atoms with Crippen molar-refractivity contribution in [2.75, 3.05) is 55.6 Å². The van der Waals surface area contributed by atoms with Gasteiger partial charge < -0.3 is 23.8 Å². The van der Waals surface area contributed by atoms with Gasteiger partial charge in [0.25, 0.3) is 0 Å². The molecule has 0 aliphatic rings. The van der Waals surface area contributed by atoms with Crippen molar-refractivity contribution in [3.63, 3.8) is 0 Å². The molecule has 178 valence electrons. The minimum atomic E-state index is -1.17. The number of nitrogens with zero attached hydrogens (tertiary/aromatic N) is 3. The van der Waals surface area contributed by atoms with Crippen LogP contribution in [0.25, 0.3) is 0 Å². The number of methoxy groups -OCH3 is 4. The maximum atomic E-state index is 13.0. The molecular formula is C25H33N3O5. The molecule has 2 rings (SSSR count). The summed E-state index contributed by atoms with van der Waals surface area (Å²) in [6, 6.07) is 13.3. The molecule has 1 amide bonds. The summed E-state index contributed by atoms with van der Waals surface area (Å²) in [5.74, 6) is 2.25. The third kappa shape index (κ3) is 5.88. The first-order chi connectivity index (χ1) is 15.7. The van der Waals surface area contributed by atoms with Crippen LogP contribution in [0, 0.1) is 11.3 Å². The summed E-state index contributed by atoms with van der Waals surface area (Å²) in [7, 11) is 9.82. The van der Waals surface area contributed by atoms with Gasteiger partial charge in [-0.3, -0.25) is 9.69 Å². The Morgan fingerprint density at radius 1 is 0.909 bits per heavy atom. The highest BCUT2D eigenvalue weighted by Crippen LogP contribution is 2.34. The van der Waals surface area contributed by atoms with E-state index in [1.807, 2.05) is 30.1 Å². The number of ether oxygens (including phenoxy) is 4. The molecular weight excluding hydrogens is 422 g/mol. The van der Waals surface area contributed by atoms with Crippen molar-refractivity contribution in [2.24, 2.45) is 0 Å². The number of benzene rings is 2. The van der Waals surface area contributed by atoms with Gasteiger partial charge in [-0.1, -0.05) is 12.1 Å². The first-order valence-electron chi connectivity index (χ1n) is 10.5. The predicted molar refractivity (Wildman–Crippen MR) is 126 cm³/mol. The molecule has 0 radical (unpaired) electrons. The number of hydrogen-bond donors (Lipinski definition) is 0. The molecule has 2 aromatic rings. The summed E-state index contributed by atoms with van der Waals surface area (Å²) in [5.41, 5.74) is 0.555. The number of hydrogen-bond acceptors (Lipinski definition) is 7. The van der Waals surface area contributed by atoms with E-state index >= 15 is 0 Å². The molecule has 0 unspecified atom stereocenters. The second kappa shape index (κ2) is 11.4. The van der Waals surface area contributed by atoms with Crippen LogP contribution in [0.3, 0.4) is 0 Å². The molecule has 8 nitrogen and oxygen atoms in total. The number of amides is 1. The van der Waals surface area contributed by atoms with E-state index in [-0.39, 0.29) is 12.5 Å². The van der Waals surface area contributed by atoms with Crippen LogP contribution in [0.5, 0.6) is 23.0 Å². The van der Waals surface area contributed by atoms with Crippen LogP contribution in [0.15, 0.2) is 36.4 Å². The fraction of sp³-hybridized carbons (Fsp3) is 0.440. The number of rotatable bonds is 11. The van der Waals surface area contributed by atoms with Gasteiger partial charge in [-0.25, -0.2) is 0 Å². The maximum absolute atomic E-state index is 13.0. The molecule has 8 heteroatoms. The number of nitriles is 1. The van der Waals surface area contributed by atoms with Gasteiger partial charge >= 0.3 is 0 Å². The molecule has 0 aliphatic carbocycles. The SMILES string of the molecule is COc1ccc(CCN(C)CC(=O)N(C)[C@@](C)(C#N)c2ccc(OC)c(OC)c2)cc1OC. The Kier molecular flexibility index (Phi) is 8.94. The van der Waals surface area contributed by atoms with Crippen LogP contribution in [0.4, 0.5) is 0 Å². The second-order valence-electron chi connectivity index (χ2n) is 7.88. The molecule has 0 aromatic heterocycles. The lowest BCUT2D eigenvalue weighted by atomic mass is 9.91. The third-order valence-corrected chi connectivity index (χ3v) is 5.84. The van der Waals surface area contributed by atoms with E-state index in [1.165, 1.54) is 12.0 Å². The van der Waals surface area contributed by atoms with Crippen LogP contribution < -0.4 is 18.9 Å². The fourth-order valence-corrected chi connectivity index (χ4v) is 3.49. The number of likely N-dealkylation sites (N-methyl/N-ethyl adjacent to an activating group) is 2. The standard InChI is InChI=1S/C25H33N3O5/c1-25(17-26,19-9-11-21(31-5)23(15-19)33-7)28(3)24(29)16-27(2)13-12-18-8-10-20(30-4)22(14-18)32-6/h8-11,14-15H,12-13,16H2,1-7H3/t25-/m0/s1. The summed E-state index contributed by atoms with van der Waals surface area (Å²) >= 11 is 0. The maximum Gasteiger partial charge on any atom is 0.238 e. The van der Waals surface area contributed by atoms with E-state index in [1.54, 1.807) is 53.5 Å². The first kappa shape index (κ1) is 25.8. The van der Waals surface area contributed by atoms with Gasteiger partial charge in [0, 0.05) is 13.6 Å². The minimum absolute atomic E-state index is 0.163. The van der Waals surface area contributed by atoms with E-state index in [4.69, 9.17) is 18.9 Å². The van der Waals surface area contributed by atoms with E-state index in [2.05, 4.69) is 6.07 Å². The summed E-state index contributed by atoms with van der Waals surface area (Å²) < 4.78 is 21.3. The molecule has 0 aliphatic heterocycles. The van der Waals surface area contributed by atoms with Crippen LogP contribution >= 0.6 is 0 Å². The number of carbonyl (C=O) groups excluding carboxylic acids is 1. The van der Waals surface area contributed by atoms with E-state index < -0.39 is 5.54 Å². The van der Waals surface area contributed by atoms with Crippen LogP contribution in [0.1, 0.15) is 18.1 Å². The van der Waals surface area contributed by atoms with Gasteiger partial charge in [0.2, 0.25) is 5.91 Å². The van der Waals surface area contributed by atoms with Gasteiger partial charge in [-0.2, -0.15) is 5.26 Å². The van der Waals surface area contributed by atoms with Crippen LogP contribution in [-0.2, 0) is 16.8 Å². The van der Waals surface area contributed by atoms with Crippen molar-refractivity contribution in [2.45, 2.75) is 18.9 Å². The molecule has 1 atom stereocenters. The van der Waals surface area contributed by atoms with E-state index in [9.17, 15) is 10.1 Å². The topological polar surface area (TPSA) is 84.3 Å². The molecule has 0 spiro atoms. The Balaban J connectivity index is 2.08. The molecule has 0 bridgehead atoms. The van der Waals surface area contributed by atoms with Crippen molar-refractivity contribution >= 4 is 5.91 Å². The monoisotopic (exact) mass is 455 g/mol. The summed E-state index contributed by atoms with van der Waals surface area (Å²) in [6.45, 7) is 2.55.